The van der Waals surface area contributed by atoms with Crippen molar-refractivity contribution in [3.8, 4) is 0 Å². The summed E-state index contributed by atoms with van der Waals surface area (Å²) < 4.78 is 0. The van der Waals surface area contributed by atoms with Crippen LogP contribution in [0.15, 0.2) is 42.5 Å². The number of benzene rings is 1. The van der Waals surface area contributed by atoms with Gasteiger partial charge >= 0.3 is 0 Å². The van der Waals surface area contributed by atoms with Crippen LogP contribution in [-0.2, 0) is 6.54 Å². The second kappa shape index (κ2) is 5.49. The van der Waals surface area contributed by atoms with Crippen LogP contribution in [0.3, 0.4) is 0 Å². The Kier molecular flexibility index (Phi) is 4.19. The molecule has 0 aliphatic rings. The standard InChI is InChI=1S/C11H13NS/c1-2-6-11(13)12-9-10-7-4-3-5-8-10/h2-8H,9H2,1H3,(H,12,13)/b6-2+. The maximum atomic E-state index is 5.05. The number of nitrogens with one attached hydrogen (secondary N) is 1. The molecule has 0 saturated carbocycles. The van der Waals surface area contributed by atoms with E-state index in [1.54, 1.807) is 0 Å². The Morgan fingerprint density at radius 2 is 2.08 bits per heavy atom. The highest BCUT2D eigenvalue weighted by atomic mass is 32.1. The molecule has 0 unspecified atom stereocenters. The number of hydrogen-bond donors (Lipinski definition) is 1. The Morgan fingerprint density at radius 3 is 2.69 bits per heavy atom. The largest absolute Gasteiger partial charge is 0.372 e. The van der Waals surface area contributed by atoms with E-state index < -0.39 is 0 Å². The van der Waals surface area contributed by atoms with Gasteiger partial charge in [0.05, 0.1) is 4.99 Å². The van der Waals surface area contributed by atoms with Crippen LogP contribution in [0.4, 0.5) is 0 Å². The summed E-state index contributed by atoms with van der Waals surface area (Å²) in [5, 5.41) is 3.14. The van der Waals surface area contributed by atoms with E-state index in [-0.39, 0.29) is 0 Å². The highest BCUT2D eigenvalue weighted by Gasteiger charge is 1.90. The first-order valence-electron chi connectivity index (χ1n) is 4.27. The van der Waals surface area contributed by atoms with Gasteiger partial charge in [-0.25, -0.2) is 0 Å². The maximum absolute atomic E-state index is 5.05. The third kappa shape index (κ3) is 3.85. The summed E-state index contributed by atoms with van der Waals surface area (Å²) in [7, 11) is 0. The van der Waals surface area contributed by atoms with E-state index >= 15 is 0 Å². The lowest BCUT2D eigenvalue weighted by atomic mass is 10.2. The van der Waals surface area contributed by atoms with Gasteiger partial charge in [-0.05, 0) is 18.6 Å². The number of rotatable bonds is 3. The summed E-state index contributed by atoms with van der Waals surface area (Å²) in [5.74, 6) is 0. The molecule has 0 aliphatic heterocycles. The van der Waals surface area contributed by atoms with E-state index in [4.69, 9.17) is 12.2 Å². The predicted octanol–water partition coefficient (Wildman–Crippen LogP) is 2.68. The topological polar surface area (TPSA) is 12.0 Å². The van der Waals surface area contributed by atoms with Crippen molar-refractivity contribution in [1.29, 1.82) is 0 Å². The average molecular weight is 191 g/mol. The molecule has 0 fully saturated rings. The first-order valence-corrected chi connectivity index (χ1v) is 4.68. The minimum absolute atomic E-state index is 0.784. The summed E-state index contributed by atoms with van der Waals surface area (Å²) in [5.41, 5.74) is 1.24. The van der Waals surface area contributed by atoms with E-state index in [0.29, 0.717) is 0 Å². The van der Waals surface area contributed by atoms with E-state index in [2.05, 4.69) is 17.4 Å². The molecule has 0 spiro atoms. The van der Waals surface area contributed by atoms with Gasteiger partial charge in [0, 0.05) is 6.54 Å². The fourth-order valence-electron chi connectivity index (χ4n) is 0.995. The first kappa shape index (κ1) is 9.93. The second-order valence-corrected chi connectivity index (χ2v) is 3.14. The smallest absolute Gasteiger partial charge is 0.0987 e. The van der Waals surface area contributed by atoms with Gasteiger partial charge in [-0.15, -0.1) is 0 Å². The van der Waals surface area contributed by atoms with E-state index in [1.165, 1.54) is 5.56 Å². The molecule has 68 valence electrons. The quantitative estimate of drug-likeness (QED) is 0.582. The highest BCUT2D eigenvalue weighted by molar-refractivity contribution is 7.80. The molecular weight excluding hydrogens is 178 g/mol. The van der Waals surface area contributed by atoms with Gasteiger partial charge in [-0.1, -0.05) is 48.6 Å². The molecular formula is C11H13NS. The molecule has 0 atom stereocenters. The van der Waals surface area contributed by atoms with Gasteiger partial charge in [-0.2, -0.15) is 0 Å². The van der Waals surface area contributed by atoms with Crippen molar-refractivity contribution < 1.29 is 0 Å². The third-order valence-electron chi connectivity index (χ3n) is 1.63. The monoisotopic (exact) mass is 191 g/mol. The van der Waals surface area contributed by atoms with Crippen molar-refractivity contribution in [3.63, 3.8) is 0 Å². The summed E-state index contributed by atoms with van der Waals surface area (Å²) in [6.07, 6.45) is 3.82. The molecule has 1 nitrogen and oxygen atoms in total. The molecule has 0 aromatic heterocycles. The zero-order chi connectivity index (χ0) is 9.52. The van der Waals surface area contributed by atoms with Crippen LogP contribution in [0.1, 0.15) is 12.5 Å². The van der Waals surface area contributed by atoms with Gasteiger partial charge in [0.2, 0.25) is 0 Å². The van der Waals surface area contributed by atoms with Gasteiger partial charge in [-0.3, -0.25) is 0 Å². The molecule has 1 aromatic carbocycles. The van der Waals surface area contributed by atoms with Gasteiger partial charge < -0.3 is 5.32 Å². The Labute approximate surface area is 84.5 Å². The number of allylic oxidation sites excluding steroid dienone is 1. The minimum atomic E-state index is 0.784. The zero-order valence-corrected chi connectivity index (χ0v) is 8.47. The average Bonchev–Trinajstić information content (AvgIpc) is 2.17. The van der Waals surface area contributed by atoms with Gasteiger partial charge in [0.15, 0.2) is 0 Å². The van der Waals surface area contributed by atoms with Crippen LogP contribution in [0, 0.1) is 0 Å². The van der Waals surface area contributed by atoms with Crippen molar-refractivity contribution in [2.75, 3.05) is 0 Å². The Hall–Kier alpha value is -1.15. The number of thiocarbonyl (C=S) groups is 1. The van der Waals surface area contributed by atoms with Crippen molar-refractivity contribution in [1.82, 2.24) is 5.32 Å². The molecule has 1 rings (SSSR count). The van der Waals surface area contributed by atoms with Gasteiger partial charge in [0.25, 0.3) is 0 Å². The van der Waals surface area contributed by atoms with Crippen molar-refractivity contribution in [2.45, 2.75) is 13.5 Å². The highest BCUT2D eigenvalue weighted by Crippen LogP contribution is 1.97. The molecule has 0 bridgehead atoms. The second-order valence-electron chi connectivity index (χ2n) is 2.70. The zero-order valence-electron chi connectivity index (χ0n) is 7.66. The molecule has 0 aliphatic carbocycles. The summed E-state index contributed by atoms with van der Waals surface area (Å²) in [6, 6.07) is 10.2. The molecule has 0 saturated heterocycles. The SMILES string of the molecule is C/C=C/C(=S)NCc1ccccc1. The fourth-order valence-corrected chi connectivity index (χ4v) is 1.20. The van der Waals surface area contributed by atoms with E-state index in [1.807, 2.05) is 37.3 Å². The Bertz CT molecular complexity index is 290. The first-order chi connectivity index (χ1) is 6.33. The minimum Gasteiger partial charge on any atom is -0.372 e. The van der Waals surface area contributed by atoms with Crippen LogP contribution in [0.25, 0.3) is 0 Å². The fraction of sp³-hybridized carbons (Fsp3) is 0.182. The molecule has 1 N–H and O–H groups in total. The summed E-state index contributed by atoms with van der Waals surface area (Å²) in [6.45, 7) is 2.75. The van der Waals surface area contributed by atoms with Crippen molar-refractivity contribution in [3.05, 3.63) is 48.0 Å². The summed E-state index contributed by atoms with van der Waals surface area (Å²) in [4.78, 5) is 0.784. The molecule has 2 heteroatoms. The third-order valence-corrected chi connectivity index (χ3v) is 1.91. The Balaban J connectivity index is 2.40. The Morgan fingerprint density at radius 1 is 1.38 bits per heavy atom. The van der Waals surface area contributed by atoms with E-state index in [9.17, 15) is 0 Å². The lowest BCUT2D eigenvalue weighted by Gasteiger charge is -2.03. The summed E-state index contributed by atoms with van der Waals surface area (Å²) >= 11 is 5.05. The van der Waals surface area contributed by atoms with E-state index in [0.717, 1.165) is 11.5 Å². The predicted molar refractivity (Wildman–Crippen MR) is 60.7 cm³/mol. The maximum Gasteiger partial charge on any atom is 0.0987 e. The normalized spacial score (nSPS) is 10.2. The lowest BCUT2D eigenvalue weighted by molar-refractivity contribution is 0.932. The molecule has 0 heterocycles. The van der Waals surface area contributed by atoms with Crippen LogP contribution in [0.2, 0.25) is 0 Å². The van der Waals surface area contributed by atoms with Gasteiger partial charge in [0.1, 0.15) is 0 Å². The molecule has 13 heavy (non-hydrogen) atoms. The van der Waals surface area contributed by atoms with Crippen LogP contribution in [-0.4, -0.2) is 4.99 Å². The van der Waals surface area contributed by atoms with Crippen molar-refractivity contribution in [2.24, 2.45) is 0 Å². The molecule has 0 amide bonds. The number of hydrogen-bond acceptors (Lipinski definition) is 1. The van der Waals surface area contributed by atoms with Crippen LogP contribution in [0.5, 0.6) is 0 Å². The van der Waals surface area contributed by atoms with Crippen LogP contribution >= 0.6 is 12.2 Å². The molecule has 0 radical (unpaired) electrons. The van der Waals surface area contributed by atoms with Crippen LogP contribution < -0.4 is 5.32 Å². The lowest BCUT2D eigenvalue weighted by Crippen LogP contribution is -2.18. The molecule has 1 aromatic rings. The van der Waals surface area contributed by atoms with Crippen molar-refractivity contribution >= 4 is 17.2 Å².